The van der Waals surface area contributed by atoms with Crippen molar-refractivity contribution in [2.75, 3.05) is 6.54 Å². The first-order valence-electron chi connectivity index (χ1n) is 5.77. The number of nitrogens with zero attached hydrogens (tertiary/aromatic N) is 1. The van der Waals surface area contributed by atoms with E-state index in [4.69, 9.17) is 16.6 Å². The fourth-order valence-electron chi connectivity index (χ4n) is 1.55. The molecule has 18 heavy (non-hydrogen) atoms. The van der Waals surface area contributed by atoms with Gasteiger partial charge in [0.1, 0.15) is 11.3 Å². The Balaban J connectivity index is 2.15. The highest BCUT2D eigenvalue weighted by Gasteiger charge is 2.05. The summed E-state index contributed by atoms with van der Waals surface area (Å²) in [6.07, 6.45) is 0. The van der Waals surface area contributed by atoms with Gasteiger partial charge in [-0.25, -0.2) is 0 Å². The molecule has 0 amide bonds. The molecule has 0 unspecified atom stereocenters. The lowest BCUT2D eigenvalue weighted by Gasteiger charge is -2.03. The van der Waals surface area contributed by atoms with Crippen molar-refractivity contribution >= 4 is 34.0 Å². The zero-order valence-corrected chi connectivity index (χ0v) is 11.2. The first-order valence-corrected chi connectivity index (χ1v) is 6.18. The lowest BCUT2D eigenvalue weighted by molar-refractivity contribution is 0.603. The van der Waals surface area contributed by atoms with Gasteiger partial charge in [0.25, 0.3) is 0 Å². The van der Waals surface area contributed by atoms with E-state index in [1.54, 1.807) is 0 Å². The topological polar surface area (TPSA) is 49.6 Å². The van der Waals surface area contributed by atoms with Crippen LogP contribution in [0.2, 0.25) is 0 Å². The van der Waals surface area contributed by atoms with Crippen LogP contribution in [0.5, 0.6) is 0 Å². The summed E-state index contributed by atoms with van der Waals surface area (Å²) in [6, 6.07) is 9.83. The molecule has 0 radical (unpaired) electrons. The van der Waals surface area contributed by atoms with Gasteiger partial charge in [-0.1, -0.05) is 18.2 Å². The molecule has 0 aliphatic heterocycles. The Bertz CT molecular complexity index is 556. The Hall–Kier alpha value is -1.88. The molecule has 94 valence electrons. The van der Waals surface area contributed by atoms with E-state index in [1.165, 1.54) is 0 Å². The second kappa shape index (κ2) is 5.64. The van der Waals surface area contributed by atoms with Crippen LogP contribution in [0.15, 0.2) is 39.9 Å². The fourth-order valence-corrected chi connectivity index (χ4v) is 1.74. The highest BCUT2D eigenvalue weighted by Crippen LogP contribution is 2.19. The number of furan rings is 1. The van der Waals surface area contributed by atoms with Crippen molar-refractivity contribution < 1.29 is 4.42 Å². The average molecular weight is 261 g/mol. The lowest BCUT2D eigenvalue weighted by atomic mass is 10.2. The summed E-state index contributed by atoms with van der Waals surface area (Å²) >= 11 is 5.03. The molecule has 0 fully saturated rings. The molecule has 0 aliphatic rings. The Morgan fingerprint density at radius 3 is 2.89 bits per heavy atom. The van der Waals surface area contributed by atoms with Crippen molar-refractivity contribution in [3.63, 3.8) is 0 Å². The molecule has 4 nitrogen and oxygen atoms in total. The Morgan fingerprint density at radius 2 is 2.17 bits per heavy atom. The summed E-state index contributed by atoms with van der Waals surface area (Å²) in [5, 5.41) is 8.71. The molecule has 0 atom stereocenters. The van der Waals surface area contributed by atoms with Gasteiger partial charge < -0.3 is 9.73 Å². The standard InChI is InChI=1S/C13H15N3OS/c1-3-14-13(18)16-15-9(2)12-8-10-6-4-5-7-11(10)17-12/h4-8H,3H2,1-2H3,(H2,14,16,18)/b15-9+. The van der Waals surface area contributed by atoms with E-state index in [2.05, 4.69) is 15.8 Å². The number of para-hydroxylation sites is 1. The maximum atomic E-state index is 5.69. The third kappa shape index (κ3) is 2.87. The molecule has 1 heterocycles. The van der Waals surface area contributed by atoms with E-state index < -0.39 is 0 Å². The number of hydrogen-bond acceptors (Lipinski definition) is 3. The summed E-state index contributed by atoms with van der Waals surface area (Å²) in [5.74, 6) is 0.739. The molecule has 1 aromatic heterocycles. The van der Waals surface area contributed by atoms with Gasteiger partial charge in [0.2, 0.25) is 0 Å². The van der Waals surface area contributed by atoms with Gasteiger partial charge in [-0.05, 0) is 38.2 Å². The molecule has 0 spiro atoms. The molecule has 1 aromatic carbocycles. The van der Waals surface area contributed by atoms with Gasteiger partial charge in [0, 0.05) is 11.9 Å². The van der Waals surface area contributed by atoms with Gasteiger partial charge in [0.15, 0.2) is 10.9 Å². The molecule has 0 aliphatic carbocycles. The van der Waals surface area contributed by atoms with Crippen molar-refractivity contribution in [3.8, 4) is 0 Å². The van der Waals surface area contributed by atoms with E-state index in [-0.39, 0.29) is 0 Å². The second-order valence-corrected chi connectivity index (χ2v) is 4.23. The molecule has 2 rings (SSSR count). The van der Waals surface area contributed by atoms with Crippen LogP contribution >= 0.6 is 12.2 Å². The molecule has 0 saturated heterocycles. The van der Waals surface area contributed by atoms with Crippen LogP contribution in [-0.2, 0) is 0 Å². The summed E-state index contributed by atoms with van der Waals surface area (Å²) < 4.78 is 5.69. The summed E-state index contributed by atoms with van der Waals surface area (Å²) in [4.78, 5) is 0. The van der Waals surface area contributed by atoms with E-state index in [0.717, 1.165) is 29.0 Å². The molecule has 2 N–H and O–H groups in total. The van der Waals surface area contributed by atoms with Crippen molar-refractivity contribution in [2.45, 2.75) is 13.8 Å². The van der Waals surface area contributed by atoms with Crippen LogP contribution in [0.4, 0.5) is 0 Å². The molecule has 5 heteroatoms. The van der Waals surface area contributed by atoms with Gasteiger partial charge in [-0.3, -0.25) is 5.43 Å². The predicted molar refractivity (Wildman–Crippen MR) is 77.8 cm³/mol. The fraction of sp³-hybridized carbons (Fsp3) is 0.231. The maximum Gasteiger partial charge on any atom is 0.186 e. The predicted octanol–water partition coefficient (Wildman–Crippen LogP) is 2.64. The van der Waals surface area contributed by atoms with Crippen molar-refractivity contribution in [1.82, 2.24) is 10.7 Å². The lowest BCUT2D eigenvalue weighted by Crippen LogP contribution is -2.32. The van der Waals surface area contributed by atoms with Crippen LogP contribution in [0.25, 0.3) is 11.0 Å². The summed E-state index contributed by atoms with van der Waals surface area (Å²) in [7, 11) is 0. The number of nitrogens with one attached hydrogen (secondary N) is 2. The van der Waals surface area contributed by atoms with E-state index in [1.807, 2.05) is 44.2 Å². The number of hydrogen-bond donors (Lipinski definition) is 2. The van der Waals surface area contributed by atoms with Gasteiger partial charge >= 0.3 is 0 Å². The van der Waals surface area contributed by atoms with Crippen molar-refractivity contribution in [1.29, 1.82) is 0 Å². The minimum atomic E-state index is 0.507. The minimum absolute atomic E-state index is 0.507. The highest BCUT2D eigenvalue weighted by molar-refractivity contribution is 7.80. The molecular weight excluding hydrogens is 246 g/mol. The van der Waals surface area contributed by atoms with Gasteiger partial charge in [-0.15, -0.1) is 0 Å². The van der Waals surface area contributed by atoms with E-state index in [9.17, 15) is 0 Å². The number of benzene rings is 1. The highest BCUT2D eigenvalue weighted by atomic mass is 32.1. The average Bonchev–Trinajstić information content (AvgIpc) is 2.80. The van der Waals surface area contributed by atoms with Crippen LogP contribution < -0.4 is 10.7 Å². The molecule has 2 aromatic rings. The zero-order valence-electron chi connectivity index (χ0n) is 10.4. The largest absolute Gasteiger partial charge is 0.455 e. The third-order valence-corrected chi connectivity index (χ3v) is 2.68. The number of fused-ring (bicyclic) bond motifs is 1. The Morgan fingerprint density at radius 1 is 1.39 bits per heavy atom. The third-order valence-electron chi connectivity index (χ3n) is 2.44. The number of rotatable bonds is 3. The normalized spacial score (nSPS) is 11.6. The van der Waals surface area contributed by atoms with Gasteiger partial charge in [0.05, 0.1) is 0 Å². The number of thiocarbonyl (C=S) groups is 1. The minimum Gasteiger partial charge on any atom is -0.455 e. The van der Waals surface area contributed by atoms with Crippen molar-refractivity contribution in [3.05, 3.63) is 36.1 Å². The van der Waals surface area contributed by atoms with E-state index >= 15 is 0 Å². The first kappa shape index (κ1) is 12.6. The van der Waals surface area contributed by atoms with Gasteiger partial charge in [-0.2, -0.15) is 5.10 Å². The molecule has 0 bridgehead atoms. The van der Waals surface area contributed by atoms with Crippen LogP contribution in [0.3, 0.4) is 0 Å². The first-order chi connectivity index (χ1) is 8.70. The zero-order chi connectivity index (χ0) is 13.0. The van der Waals surface area contributed by atoms with Crippen molar-refractivity contribution in [2.24, 2.45) is 5.10 Å². The van der Waals surface area contributed by atoms with Crippen LogP contribution in [0.1, 0.15) is 19.6 Å². The van der Waals surface area contributed by atoms with E-state index in [0.29, 0.717) is 5.11 Å². The molecular formula is C13H15N3OS. The Kier molecular flexibility index (Phi) is 3.94. The Labute approximate surface area is 111 Å². The molecule has 0 saturated carbocycles. The smallest absolute Gasteiger partial charge is 0.186 e. The van der Waals surface area contributed by atoms with Crippen LogP contribution in [0, 0.1) is 0 Å². The summed E-state index contributed by atoms with van der Waals surface area (Å²) in [6.45, 7) is 4.62. The quantitative estimate of drug-likeness (QED) is 0.506. The second-order valence-electron chi connectivity index (χ2n) is 3.82. The SMILES string of the molecule is CCNC(=S)N/N=C(\C)c1cc2ccccc2o1. The monoisotopic (exact) mass is 261 g/mol. The summed E-state index contributed by atoms with van der Waals surface area (Å²) in [5.41, 5.74) is 4.39. The number of hydrazone groups is 1. The van der Waals surface area contributed by atoms with Crippen LogP contribution in [-0.4, -0.2) is 17.4 Å². The maximum absolute atomic E-state index is 5.69.